The van der Waals surface area contributed by atoms with Gasteiger partial charge >= 0.3 is 22.5 Å². The minimum absolute atomic E-state index is 0.0350. The van der Waals surface area contributed by atoms with Crippen LogP contribution in [0.15, 0.2) is 0 Å². The number of fused-ring (bicyclic) bond motifs is 2. The van der Waals surface area contributed by atoms with Gasteiger partial charge in [-0.3, -0.25) is 19.0 Å². The number of piperazine rings is 1. The van der Waals surface area contributed by atoms with Crippen LogP contribution in [0.1, 0.15) is 33.6 Å². The Morgan fingerprint density at radius 1 is 1.09 bits per heavy atom. The molecule has 15 nitrogen and oxygen atoms in total. The third-order valence-corrected chi connectivity index (χ3v) is 5.80. The summed E-state index contributed by atoms with van der Waals surface area (Å²) in [5.41, 5.74) is 1.54. The van der Waals surface area contributed by atoms with Gasteiger partial charge in [0.05, 0.1) is 6.04 Å². The van der Waals surface area contributed by atoms with Crippen LogP contribution in [-0.4, -0.2) is 114 Å². The van der Waals surface area contributed by atoms with Crippen LogP contribution in [0.4, 0.5) is 9.59 Å². The first-order valence-corrected chi connectivity index (χ1v) is 12.1. The van der Waals surface area contributed by atoms with Gasteiger partial charge in [0.1, 0.15) is 11.6 Å². The number of amides is 5. The summed E-state index contributed by atoms with van der Waals surface area (Å²) >= 11 is 0. The maximum atomic E-state index is 12.5. The number of carbonyl (C=O) groups excluding carboxylic acids is 4. The van der Waals surface area contributed by atoms with Crippen LogP contribution in [0.5, 0.6) is 0 Å². The number of rotatable bonds is 6. The van der Waals surface area contributed by atoms with E-state index in [1.165, 1.54) is 9.80 Å². The highest BCUT2D eigenvalue weighted by Gasteiger charge is 2.49. The summed E-state index contributed by atoms with van der Waals surface area (Å²) in [5, 5.41) is 0.532. The topological polar surface area (TPSA) is 175 Å². The maximum Gasteiger partial charge on any atom is 0.418 e. The summed E-state index contributed by atoms with van der Waals surface area (Å²) in [7, 11) is -4.89. The highest BCUT2D eigenvalue weighted by atomic mass is 32.3. The number of hydroxylamine groups is 3. The number of urea groups is 1. The molecular formula is C18H29N5O10S. The van der Waals surface area contributed by atoms with Crippen LogP contribution in [0, 0.1) is 0 Å². The molecule has 34 heavy (non-hydrogen) atoms. The lowest BCUT2D eigenvalue weighted by Gasteiger charge is -2.35. The molecule has 2 atom stereocenters. The normalized spacial score (nSPS) is 23.2. The van der Waals surface area contributed by atoms with Crippen LogP contribution in [-0.2, 0) is 33.8 Å². The van der Waals surface area contributed by atoms with E-state index in [1.54, 1.807) is 20.8 Å². The van der Waals surface area contributed by atoms with E-state index in [-0.39, 0.29) is 32.5 Å². The average molecular weight is 508 g/mol. The molecular weight excluding hydrogens is 478 g/mol. The number of hydrogen-bond acceptors (Lipinski definition) is 9. The van der Waals surface area contributed by atoms with Gasteiger partial charge in [-0.25, -0.2) is 15.1 Å². The van der Waals surface area contributed by atoms with E-state index < -0.39 is 58.6 Å². The monoisotopic (exact) mass is 507 g/mol. The second-order valence-corrected chi connectivity index (χ2v) is 10.1. The zero-order valence-electron chi connectivity index (χ0n) is 19.1. The summed E-state index contributed by atoms with van der Waals surface area (Å²) in [5.74, 6) is -1.07. The fraction of sp³-hybridized carbons (Fsp3) is 0.778. The van der Waals surface area contributed by atoms with Crippen LogP contribution in [0.3, 0.4) is 0 Å². The van der Waals surface area contributed by atoms with Crippen molar-refractivity contribution in [2.24, 2.45) is 0 Å². The molecule has 0 aromatic heterocycles. The molecule has 0 radical (unpaired) electrons. The molecule has 3 rings (SSSR count). The lowest BCUT2D eigenvalue weighted by molar-refractivity contribution is -0.148. The minimum atomic E-state index is -4.89. The van der Waals surface area contributed by atoms with Crippen LogP contribution < -0.4 is 5.48 Å². The van der Waals surface area contributed by atoms with Crippen molar-refractivity contribution in [3.05, 3.63) is 0 Å². The number of nitrogens with one attached hydrogen (secondary N) is 1. The highest BCUT2D eigenvalue weighted by Crippen LogP contribution is 2.30. The van der Waals surface area contributed by atoms with Gasteiger partial charge in [0, 0.05) is 32.7 Å². The molecule has 0 saturated carbocycles. The molecule has 2 bridgehead atoms. The standard InChI is InChI=1S/C18H29N5O10S/c1-18(2,3)32-17(27)21-8-6-20(7-9-21)14(24)11-31-19-15(25)13-5-4-12-10-22(13)16(26)23(12)33-34(28,29)30/h12-13H,4-11H2,1-3H3,(H,19,25)(H,28,29,30)/t12-,13+/m1/s1. The van der Waals surface area contributed by atoms with Crippen molar-refractivity contribution in [3.63, 3.8) is 0 Å². The van der Waals surface area contributed by atoms with Gasteiger partial charge in [-0.1, -0.05) is 0 Å². The Morgan fingerprint density at radius 2 is 1.71 bits per heavy atom. The van der Waals surface area contributed by atoms with E-state index in [4.69, 9.17) is 14.1 Å². The zero-order valence-corrected chi connectivity index (χ0v) is 19.9. The SMILES string of the molecule is CC(C)(C)OC(=O)N1CCN(C(=O)CONC(=O)[C@@H]2CC[C@@H]3CN2C(=O)N3OS(=O)(=O)O)CC1. The van der Waals surface area contributed by atoms with Gasteiger partial charge in [0.2, 0.25) is 0 Å². The van der Waals surface area contributed by atoms with Gasteiger partial charge in [-0.15, -0.1) is 4.28 Å². The summed E-state index contributed by atoms with van der Waals surface area (Å²) in [6.07, 6.45) is 0.0173. The van der Waals surface area contributed by atoms with Crippen molar-refractivity contribution in [2.75, 3.05) is 39.3 Å². The number of ether oxygens (including phenoxy) is 1. The minimum Gasteiger partial charge on any atom is -0.444 e. The van der Waals surface area contributed by atoms with Gasteiger partial charge in [-0.2, -0.15) is 13.5 Å². The molecule has 0 spiro atoms. The van der Waals surface area contributed by atoms with Gasteiger partial charge < -0.3 is 19.4 Å². The Morgan fingerprint density at radius 3 is 2.29 bits per heavy atom. The number of carbonyl (C=O) groups is 4. The summed E-state index contributed by atoms with van der Waals surface area (Å²) < 4.78 is 40.3. The molecule has 0 unspecified atom stereocenters. The van der Waals surface area contributed by atoms with E-state index in [0.29, 0.717) is 18.2 Å². The molecule has 192 valence electrons. The Labute approximate surface area is 196 Å². The molecule has 3 saturated heterocycles. The summed E-state index contributed by atoms with van der Waals surface area (Å²) in [4.78, 5) is 58.4. The molecule has 0 aromatic rings. The molecule has 3 aliphatic heterocycles. The van der Waals surface area contributed by atoms with Crippen LogP contribution >= 0.6 is 0 Å². The number of piperidine rings is 1. The second-order valence-electron chi connectivity index (χ2n) is 9.11. The van der Waals surface area contributed by atoms with E-state index in [9.17, 15) is 27.6 Å². The predicted molar refractivity (Wildman–Crippen MR) is 112 cm³/mol. The van der Waals surface area contributed by atoms with Crippen molar-refractivity contribution in [3.8, 4) is 0 Å². The third-order valence-electron chi connectivity index (χ3n) is 5.45. The predicted octanol–water partition coefficient (Wildman–Crippen LogP) is -0.883. The fourth-order valence-corrected chi connectivity index (χ4v) is 4.29. The van der Waals surface area contributed by atoms with E-state index in [1.807, 2.05) is 0 Å². The Hall–Kier alpha value is -2.69. The van der Waals surface area contributed by atoms with E-state index in [2.05, 4.69) is 9.76 Å². The molecule has 3 heterocycles. The largest absolute Gasteiger partial charge is 0.444 e. The molecule has 16 heteroatoms. The van der Waals surface area contributed by atoms with Crippen LogP contribution in [0.2, 0.25) is 0 Å². The number of nitrogens with zero attached hydrogens (tertiary/aromatic N) is 4. The Bertz CT molecular complexity index is 928. The second kappa shape index (κ2) is 9.89. The smallest absolute Gasteiger partial charge is 0.418 e. The average Bonchev–Trinajstić information content (AvgIpc) is 2.96. The van der Waals surface area contributed by atoms with Crippen molar-refractivity contribution >= 4 is 34.3 Å². The zero-order chi connectivity index (χ0) is 25.3. The molecule has 3 fully saturated rings. The maximum absolute atomic E-state index is 12.5. The lowest BCUT2D eigenvalue weighted by Crippen LogP contribution is -2.53. The first-order chi connectivity index (χ1) is 15.7. The van der Waals surface area contributed by atoms with Gasteiger partial charge in [0.15, 0.2) is 6.61 Å². The van der Waals surface area contributed by atoms with Crippen LogP contribution in [0.25, 0.3) is 0 Å². The summed E-state index contributed by atoms with van der Waals surface area (Å²) in [6.45, 7) is 6.06. The van der Waals surface area contributed by atoms with Gasteiger partial charge in [-0.05, 0) is 33.6 Å². The highest BCUT2D eigenvalue weighted by molar-refractivity contribution is 7.80. The Kier molecular flexibility index (Phi) is 7.54. The molecule has 3 aliphatic rings. The van der Waals surface area contributed by atoms with Crippen molar-refractivity contribution in [2.45, 2.75) is 51.3 Å². The van der Waals surface area contributed by atoms with Crippen molar-refractivity contribution < 1.29 is 46.0 Å². The van der Waals surface area contributed by atoms with Gasteiger partial charge in [0.25, 0.3) is 11.8 Å². The first-order valence-electron chi connectivity index (χ1n) is 10.7. The lowest BCUT2D eigenvalue weighted by atomic mass is 10.0. The molecule has 0 aliphatic carbocycles. The Balaban J connectivity index is 1.41. The van der Waals surface area contributed by atoms with Crippen molar-refractivity contribution in [1.82, 2.24) is 25.2 Å². The number of hydrogen-bond donors (Lipinski definition) is 2. The molecule has 0 aromatic carbocycles. The molecule has 2 N–H and O–H groups in total. The molecule has 5 amide bonds. The van der Waals surface area contributed by atoms with E-state index >= 15 is 0 Å². The first kappa shape index (κ1) is 25.9. The fourth-order valence-electron chi connectivity index (χ4n) is 3.90. The van der Waals surface area contributed by atoms with E-state index in [0.717, 1.165) is 4.90 Å². The summed E-state index contributed by atoms with van der Waals surface area (Å²) in [6, 6.07) is -2.45. The van der Waals surface area contributed by atoms with Crippen molar-refractivity contribution in [1.29, 1.82) is 0 Å². The third kappa shape index (κ3) is 6.46. The quantitative estimate of drug-likeness (QED) is 0.339.